The van der Waals surface area contributed by atoms with E-state index in [2.05, 4.69) is 20.4 Å². The normalized spacial score (nSPS) is 23.4. The number of rotatable bonds is 2. The summed E-state index contributed by atoms with van der Waals surface area (Å²) in [6, 6.07) is 3.76. The second kappa shape index (κ2) is 4.47. The number of nitrogens with one attached hydrogen (secondary N) is 1. The maximum Gasteiger partial charge on any atom is 0.244 e. The molecule has 2 aromatic heterocycles. The number of pyridine rings is 1. The Bertz CT molecular complexity index is 555. The number of hydrogen-bond donors (Lipinski definition) is 2. The molecular formula is C12H14N4O2. The van der Waals surface area contributed by atoms with Crippen LogP contribution in [0.15, 0.2) is 22.9 Å². The molecule has 0 amide bonds. The van der Waals surface area contributed by atoms with Crippen LogP contribution in [0.3, 0.4) is 0 Å². The quantitative estimate of drug-likeness (QED) is 0.816. The molecule has 1 aliphatic heterocycles. The number of aliphatic hydroxyl groups excluding tert-OH is 1. The highest BCUT2D eigenvalue weighted by Gasteiger charge is 2.28. The Morgan fingerprint density at radius 3 is 3.11 bits per heavy atom. The molecule has 94 valence electrons. The molecule has 3 rings (SSSR count). The highest BCUT2D eigenvalue weighted by molar-refractivity contribution is 5.53. The summed E-state index contributed by atoms with van der Waals surface area (Å²) in [5.41, 5.74) is 1.73. The third kappa shape index (κ3) is 2.00. The zero-order valence-corrected chi connectivity index (χ0v) is 10.00. The minimum absolute atomic E-state index is 0.0646. The molecule has 0 radical (unpaired) electrons. The van der Waals surface area contributed by atoms with E-state index < -0.39 is 0 Å². The van der Waals surface area contributed by atoms with Crippen LogP contribution < -0.4 is 5.32 Å². The fraction of sp³-hybridized carbons (Fsp3) is 0.417. The molecule has 1 aliphatic rings. The molecular weight excluding hydrogens is 232 g/mol. The average Bonchev–Trinajstić information content (AvgIpc) is 2.98. The number of nitrogens with zero attached hydrogens (tertiary/aromatic N) is 3. The molecule has 2 atom stereocenters. The van der Waals surface area contributed by atoms with Gasteiger partial charge >= 0.3 is 0 Å². The minimum atomic E-state index is -0.345. The lowest BCUT2D eigenvalue weighted by atomic mass is 10.2. The van der Waals surface area contributed by atoms with Crippen LogP contribution in [0.5, 0.6) is 0 Å². The van der Waals surface area contributed by atoms with Gasteiger partial charge in [0, 0.05) is 12.7 Å². The van der Waals surface area contributed by atoms with Gasteiger partial charge in [-0.1, -0.05) is 11.2 Å². The summed E-state index contributed by atoms with van der Waals surface area (Å²) < 4.78 is 5.23. The Balaban J connectivity index is 1.88. The molecule has 0 aromatic carbocycles. The SMILES string of the molecule is Cc1cccnc1-c1noc([C@@H]2C[C@@H](O)CN2)n1. The van der Waals surface area contributed by atoms with Gasteiger partial charge in [-0.25, -0.2) is 0 Å². The van der Waals surface area contributed by atoms with E-state index >= 15 is 0 Å². The van der Waals surface area contributed by atoms with Crippen molar-refractivity contribution in [2.45, 2.75) is 25.5 Å². The number of aryl methyl sites for hydroxylation is 1. The Labute approximate surface area is 104 Å². The molecule has 2 aromatic rings. The minimum Gasteiger partial charge on any atom is -0.392 e. The smallest absolute Gasteiger partial charge is 0.244 e. The van der Waals surface area contributed by atoms with Gasteiger partial charge in [0.25, 0.3) is 0 Å². The maximum atomic E-state index is 9.46. The summed E-state index contributed by atoms with van der Waals surface area (Å²) in [4.78, 5) is 8.59. The standard InChI is InChI=1S/C12H14N4O2/c1-7-3-2-4-13-10(7)11-15-12(18-16-11)9-5-8(17)6-14-9/h2-4,8-9,14,17H,5-6H2,1H3/t8-,9+/m1/s1. The van der Waals surface area contributed by atoms with Crippen LogP contribution in [0.2, 0.25) is 0 Å². The predicted molar refractivity (Wildman–Crippen MR) is 63.6 cm³/mol. The summed E-state index contributed by atoms with van der Waals surface area (Å²) in [5.74, 6) is 0.998. The predicted octanol–water partition coefficient (Wildman–Crippen LogP) is 0.835. The van der Waals surface area contributed by atoms with Gasteiger partial charge in [-0.3, -0.25) is 4.98 Å². The largest absolute Gasteiger partial charge is 0.392 e. The van der Waals surface area contributed by atoms with E-state index in [-0.39, 0.29) is 12.1 Å². The molecule has 0 saturated carbocycles. The average molecular weight is 246 g/mol. The van der Waals surface area contributed by atoms with Gasteiger partial charge in [0.05, 0.1) is 12.1 Å². The van der Waals surface area contributed by atoms with Gasteiger partial charge in [-0.05, 0) is 25.0 Å². The number of aromatic nitrogens is 3. The van der Waals surface area contributed by atoms with Gasteiger partial charge in [0.15, 0.2) is 0 Å². The van der Waals surface area contributed by atoms with Gasteiger partial charge in [-0.2, -0.15) is 4.98 Å². The summed E-state index contributed by atoms with van der Waals surface area (Å²) in [5, 5.41) is 16.5. The molecule has 18 heavy (non-hydrogen) atoms. The van der Waals surface area contributed by atoms with Crippen molar-refractivity contribution < 1.29 is 9.63 Å². The van der Waals surface area contributed by atoms with Crippen LogP contribution in [0.1, 0.15) is 23.9 Å². The first kappa shape index (κ1) is 11.3. The van der Waals surface area contributed by atoms with E-state index in [4.69, 9.17) is 4.52 Å². The van der Waals surface area contributed by atoms with Gasteiger partial charge in [0.2, 0.25) is 11.7 Å². The fourth-order valence-corrected chi connectivity index (χ4v) is 2.10. The second-order valence-corrected chi connectivity index (χ2v) is 4.48. The number of β-amino-alcohol motifs (C(OH)–C–C–N with tert-alkyl or cyclic N) is 1. The van der Waals surface area contributed by atoms with Gasteiger partial charge in [-0.15, -0.1) is 0 Å². The van der Waals surface area contributed by atoms with Crippen molar-refractivity contribution in [3.8, 4) is 11.5 Å². The summed E-state index contributed by atoms with van der Waals surface area (Å²) >= 11 is 0. The topological polar surface area (TPSA) is 84.1 Å². The first-order chi connectivity index (χ1) is 8.74. The van der Waals surface area contributed by atoms with E-state index in [1.165, 1.54) is 0 Å². The highest BCUT2D eigenvalue weighted by atomic mass is 16.5. The summed E-state index contributed by atoms with van der Waals surface area (Å²) in [7, 11) is 0. The van der Waals surface area contributed by atoms with Crippen molar-refractivity contribution in [1.82, 2.24) is 20.4 Å². The molecule has 0 spiro atoms. The van der Waals surface area contributed by atoms with E-state index in [0.717, 1.165) is 11.3 Å². The van der Waals surface area contributed by atoms with Crippen LogP contribution in [-0.2, 0) is 0 Å². The molecule has 1 fully saturated rings. The number of hydrogen-bond acceptors (Lipinski definition) is 6. The molecule has 6 nitrogen and oxygen atoms in total. The van der Waals surface area contributed by atoms with Crippen molar-refractivity contribution in [3.63, 3.8) is 0 Å². The van der Waals surface area contributed by atoms with Crippen molar-refractivity contribution in [2.24, 2.45) is 0 Å². The molecule has 0 unspecified atom stereocenters. The third-order valence-electron chi connectivity index (χ3n) is 3.07. The summed E-state index contributed by atoms with van der Waals surface area (Å²) in [6.45, 7) is 2.51. The van der Waals surface area contributed by atoms with Gasteiger partial charge in [0.1, 0.15) is 5.69 Å². The van der Waals surface area contributed by atoms with E-state index in [0.29, 0.717) is 24.7 Å². The second-order valence-electron chi connectivity index (χ2n) is 4.48. The van der Waals surface area contributed by atoms with Crippen molar-refractivity contribution >= 4 is 0 Å². The Morgan fingerprint density at radius 1 is 1.50 bits per heavy atom. The van der Waals surface area contributed by atoms with Crippen LogP contribution in [0, 0.1) is 6.92 Å². The molecule has 3 heterocycles. The van der Waals surface area contributed by atoms with Crippen molar-refractivity contribution in [3.05, 3.63) is 29.8 Å². The molecule has 0 bridgehead atoms. The lowest BCUT2D eigenvalue weighted by molar-refractivity contribution is 0.191. The zero-order valence-electron chi connectivity index (χ0n) is 10.00. The zero-order chi connectivity index (χ0) is 12.5. The Hall–Kier alpha value is -1.79. The van der Waals surface area contributed by atoms with Crippen LogP contribution in [0.4, 0.5) is 0 Å². The molecule has 0 aliphatic carbocycles. The summed E-state index contributed by atoms with van der Waals surface area (Å²) in [6.07, 6.45) is 1.96. The first-order valence-corrected chi connectivity index (χ1v) is 5.91. The van der Waals surface area contributed by atoms with Gasteiger partial charge < -0.3 is 14.9 Å². The molecule has 6 heteroatoms. The van der Waals surface area contributed by atoms with Crippen molar-refractivity contribution in [2.75, 3.05) is 6.54 Å². The van der Waals surface area contributed by atoms with Crippen LogP contribution in [-0.4, -0.2) is 32.9 Å². The third-order valence-corrected chi connectivity index (χ3v) is 3.07. The molecule has 1 saturated heterocycles. The Morgan fingerprint density at radius 2 is 2.39 bits per heavy atom. The van der Waals surface area contributed by atoms with E-state index in [9.17, 15) is 5.11 Å². The number of aliphatic hydroxyl groups is 1. The lowest BCUT2D eigenvalue weighted by Gasteiger charge is -2.01. The molecule has 2 N–H and O–H groups in total. The fourth-order valence-electron chi connectivity index (χ4n) is 2.10. The van der Waals surface area contributed by atoms with Crippen molar-refractivity contribution in [1.29, 1.82) is 0 Å². The van der Waals surface area contributed by atoms with E-state index in [1.807, 2.05) is 19.1 Å². The van der Waals surface area contributed by atoms with Crippen LogP contribution in [0.25, 0.3) is 11.5 Å². The van der Waals surface area contributed by atoms with E-state index in [1.54, 1.807) is 6.20 Å². The first-order valence-electron chi connectivity index (χ1n) is 5.91. The van der Waals surface area contributed by atoms with Crippen LogP contribution >= 0.6 is 0 Å². The maximum absolute atomic E-state index is 9.46. The Kier molecular flexibility index (Phi) is 2.81. The highest BCUT2D eigenvalue weighted by Crippen LogP contribution is 2.24. The lowest BCUT2D eigenvalue weighted by Crippen LogP contribution is -2.15. The monoisotopic (exact) mass is 246 g/mol.